The third-order valence-electron chi connectivity index (χ3n) is 3.25. The van der Waals surface area contributed by atoms with Crippen LogP contribution >= 0.6 is 0 Å². The number of benzene rings is 2. The van der Waals surface area contributed by atoms with E-state index >= 15 is 0 Å². The first-order valence-electron chi connectivity index (χ1n) is 7.17. The minimum Gasteiger partial charge on any atom is -0.358 e. The molecule has 0 aliphatic carbocycles. The zero-order valence-electron chi connectivity index (χ0n) is 12.9. The summed E-state index contributed by atoms with van der Waals surface area (Å²) in [6.07, 6.45) is 0. The highest BCUT2D eigenvalue weighted by molar-refractivity contribution is 7.81. The molecule has 0 radical (unpaired) electrons. The van der Waals surface area contributed by atoms with Crippen LogP contribution in [-0.2, 0) is 10.5 Å². The maximum atomic E-state index is 12.4. The maximum absolute atomic E-state index is 12.4. The highest BCUT2D eigenvalue weighted by atomic mass is 32.3. The molecule has 2 aromatic rings. The summed E-state index contributed by atoms with van der Waals surface area (Å²) >= 11 is 0. The van der Waals surface area contributed by atoms with Gasteiger partial charge in [-0.05, 0) is 35.7 Å². The van der Waals surface area contributed by atoms with E-state index in [1.807, 2.05) is 37.3 Å². The van der Waals surface area contributed by atoms with E-state index in [9.17, 15) is 17.1 Å². The fourth-order valence-corrected chi connectivity index (χ4v) is 2.37. The molecular weight excluding hydrogens is 335 g/mol. The van der Waals surface area contributed by atoms with Gasteiger partial charge in [-0.15, -0.1) is 0 Å². The molecule has 0 aliphatic rings. The molecule has 1 unspecified atom stereocenters. The highest BCUT2D eigenvalue weighted by Gasteiger charge is 2.10. The van der Waals surface area contributed by atoms with Crippen LogP contribution in [0.5, 0.6) is 5.75 Å². The third kappa shape index (κ3) is 5.88. The van der Waals surface area contributed by atoms with Crippen molar-refractivity contribution in [3.8, 4) is 5.75 Å². The van der Waals surface area contributed by atoms with Crippen molar-refractivity contribution in [2.24, 2.45) is 0 Å². The molecule has 0 saturated heterocycles. The van der Waals surface area contributed by atoms with Crippen LogP contribution in [0.4, 0.5) is 14.4 Å². The summed E-state index contributed by atoms with van der Waals surface area (Å²) in [7, 11) is -5.06. The summed E-state index contributed by atoms with van der Waals surface area (Å²) in [5, 5.41) is 5.34. The van der Waals surface area contributed by atoms with E-state index in [0.29, 0.717) is 12.2 Å². The van der Waals surface area contributed by atoms with Gasteiger partial charge in [0.25, 0.3) is 0 Å². The van der Waals surface area contributed by atoms with E-state index in [1.54, 1.807) is 0 Å². The van der Waals surface area contributed by atoms with Gasteiger partial charge in [0.15, 0.2) is 0 Å². The molecule has 2 N–H and O–H groups in total. The van der Waals surface area contributed by atoms with Crippen LogP contribution in [0.1, 0.15) is 18.4 Å². The molecule has 2 aromatic carbocycles. The lowest BCUT2D eigenvalue weighted by Crippen LogP contribution is -2.31. The largest absolute Gasteiger partial charge is 0.488 e. The Labute approximate surface area is 140 Å². The molecule has 0 aliphatic heterocycles. The Kier molecular flexibility index (Phi) is 5.75. The van der Waals surface area contributed by atoms with Gasteiger partial charge in [0.2, 0.25) is 0 Å². The lowest BCUT2D eigenvalue weighted by molar-refractivity contribution is 0.251. The van der Waals surface area contributed by atoms with Crippen molar-refractivity contribution in [1.29, 1.82) is 0 Å². The average molecular weight is 352 g/mol. The molecule has 0 aromatic heterocycles. The van der Waals surface area contributed by atoms with Crippen molar-refractivity contribution in [3.05, 3.63) is 60.2 Å². The molecule has 0 spiro atoms. The second-order valence-corrected chi connectivity index (χ2v) is 6.10. The Morgan fingerprint density at radius 2 is 1.75 bits per heavy atom. The van der Waals surface area contributed by atoms with Gasteiger partial charge < -0.3 is 14.8 Å². The molecule has 0 heterocycles. The second kappa shape index (κ2) is 7.78. The van der Waals surface area contributed by atoms with E-state index < -0.39 is 16.5 Å². The van der Waals surface area contributed by atoms with Crippen LogP contribution in [0.15, 0.2) is 54.6 Å². The number of carbonyl (C=O) groups is 1. The topological polar surface area (TPSA) is 84.5 Å². The molecule has 24 heavy (non-hydrogen) atoms. The van der Waals surface area contributed by atoms with Crippen LogP contribution in [0.25, 0.3) is 0 Å². The summed E-state index contributed by atoms with van der Waals surface area (Å²) in [5.41, 5.74) is 1.54. The number of carbonyl (C=O) groups excluding carboxylic acids is 1. The molecule has 128 valence electrons. The maximum Gasteiger partial charge on any atom is 0.488 e. The lowest BCUT2D eigenvalue weighted by Gasteiger charge is -2.13. The third-order valence-corrected chi connectivity index (χ3v) is 3.64. The fourth-order valence-electron chi connectivity index (χ4n) is 2.03. The van der Waals surface area contributed by atoms with Gasteiger partial charge in [-0.25, -0.2) is 4.79 Å². The lowest BCUT2D eigenvalue weighted by atomic mass is 10.0. The number of nitrogens with one attached hydrogen (secondary N) is 2. The van der Waals surface area contributed by atoms with Crippen molar-refractivity contribution in [1.82, 2.24) is 5.32 Å². The first-order valence-corrected chi connectivity index (χ1v) is 8.48. The smallest absolute Gasteiger partial charge is 0.358 e. The molecule has 6 nitrogen and oxygen atoms in total. The van der Waals surface area contributed by atoms with Crippen LogP contribution in [-0.4, -0.2) is 21.0 Å². The Balaban J connectivity index is 1.84. The van der Waals surface area contributed by atoms with E-state index in [-0.39, 0.29) is 11.7 Å². The van der Waals surface area contributed by atoms with Gasteiger partial charge in [0, 0.05) is 12.2 Å². The van der Waals surface area contributed by atoms with E-state index in [0.717, 1.165) is 5.56 Å². The predicted octanol–water partition coefficient (Wildman–Crippen LogP) is 3.20. The van der Waals surface area contributed by atoms with Crippen LogP contribution in [0.3, 0.4) is 0 Å². The summed E-state index contributed by atoms with van der Waals surface area (Å²) in [5.74, 6) is -0.0244. The minimum absolute atomic E-state index is 0.155. The molecule has 0 saturated carbocycles. The standard InChI is InChI=1S/C16H17FN2O4S/c1-12(13-5-3-2-4-6-13)11-18-16(20)19-14-7-9-15(10-8-14)23-24(17,21)22/h2-10,12H,11H2,1H3,(H2,18,19,20). The van der Waals surface area contributed by atoms with Crippen molar-refractivity contribution in [3.63, 3.8) is 0 Å². The van der Waals surface area contributed by atoms with Crippen LogP contribution in [0.2, 0.25) is 0 Å². The normalized spacial score (nSPS) is 12.2. The molecule has 0 bridgehead atoms. The zero-order chi connectivity index (χ0) is 17.6. The molecular formula is C16H17FN2O4S. The Morgan fingerprint density at radius 3 is 2.33 bits per heavy atom. The van der Waals surface area contributed by atoms with Gasteiger partial charge in [0.05, 0.1) is 0 Å². The Morgan fingerprint density at radius 1 is 1.12 bits per heavy atom. The Bertz CT molecular complexity index is 779. The van der Waals surface area contributed by atoms with Crippen molar-refractivity contribution in [2.75, 3.05) is 11.9 Å². The quantitative estimate of drug-likeness (QED) is 0.782. The number of urea groups is 1. The summed E-state index contributed by atoms with van der Waals surface area (Å²) in [4.78, 5) is 11.9. The molecule has 0 fully saturated rings. The number of hydrogen-bond donors (Lipinski definition) is 2. The van der Waals surface area contributed by atoms with Gasteiger partial charge >= 0.3 is 16.5 Å². The number of hydrogen-bond acceptors (Lipinski definition) is 4. The van der Waals surface area contributed by atoms with E-state index in [4.69, 9.17) is 0 Å². The number of amides is 2. The van der Waals surface area contributed by atoms with Gasteiger partial charge in [-0.1, -0.05) is 41.1 Å². The molecule has 8 heteroatoms. The first-order chi connectivity index (χ1) is 11.3. The Hall–Kier alpha value is -2.61. The zero-order valence-corrected chi connectivity index (χ0v) is 13.7. The highest BCUT2D eigenvalue weighted by Crippen LogP contribution is 2.18. The summed E-state index contributed by atoms with van der Waals surface area (Å²) in [6.45, 7) is 2.45. The molecule has 1 atom stereocenters. The van der Waals surface area contributed by atoms with Crippen molar-refractivity contribution < 1.29 is 21.3 Å². The number of halogens is 1. The average Bonchev–Trinajstić information content (AvgIpc) is 2.54. The van der Waals surface area contributed by atoms with E-state index in [2.05, 4.69) is 14.8 Å². The van der Waals surface area contributed by atoms with Gasteiger partial charge in [0.1, 0.15) is 5.75 Å². The van der Waals surface area contributed by atoms with E-state index in [1.165, 1.54) is 24.3 Å². The molecule has 2 rings (SSSR count). The van der Waals surface area contributed by atoms with Gasteiger partial charge in [-0.3, -0.25) is 0 Å². The number of rotatable bonds is 6. The number of anilines is 1. The minimum atomic E-state index is -5.06. The summed E-state index contributed by atoms with van der Waals surface area (Å²) in [6, 6.07) is 14.7. The van der Waals surface area contributed by atoms with Gasteiger partial charge in [-0.2, -0.15) is 8.42 Å². The van der Waals surface area contributed by atoms with Crippen LogP contribution in [0, 0.1) is 0 Å². The van der Waals surface area contributed by atoms with Crippen molar-refractivity contribution in [2.45, 2.75) is 12.8 Å². The second-order valence-electron chi connectivity index (χ2n) is 5.15. The SMILES string of the molecule is CC(CNC(=O)Nc1ccc(OS(=O)(=O)F)cc1)c1ccccc1. The first kappa shape index (κ1) is 17.7. The molecule has 2 amide bonds. The fraction of sp³-hybridized carbons (Fsp3) is 0.188. The summed E-state index contributed by atoms with van der Waals surface area (Å²) < 4.78 is 37.2. The van der Waals surface area contributed by atoms with Crippen LogP contribution < -0.4 is 14.8 Å². The monoisotopic (exact) mass is 352 g/mol. The predicted molar refractivity (Wildman–Crippen MR) is 89.0 cm³/mol. The van der Waals surface area contributed by atoms with Crippen molar-refractivity contribution >= 4 is 22.2 Å².